The molecule has 0 fully saturated rings. The molecule has 0 aliphatic rings. The molecule has 4 aromatic rings. The van der Waals surface area contributed by atoms with Gasteiger partial charge in [-0.2, -0.15) is 0 Å². The van der Waals surface area contributed by atoms with Gasteiger partial charge in [0.1, 0.15) is 5.82 Å². The van der Waals surface area contributed by atoms with Crippen LogP contribution in [0.25, 0.3) is 16.3 Å². The standard InChI is InChI=1S/C25H20FN3O2S/c1-27-24(31)19-11-6-17(7-12-19)10-15-23(30)29(16-18-8-13-20(26)14-9-18)25-28-21-4-2-3-5-22(21)32-25/h2-15H,16H2,1H3,(H,27,31)/b15-10+. The lowest BCUT2D eigenvalue weighted by atomic mass is 10.1. The predicted octanol–water partition coefficient (Wildman–Crippen LogP) is 5.04. The molecular formula is C25H20FN3O2S. The number of para-hydroxylation sites is 1. The number of halogens is 1. The van der Waals surface area contributed by atoms with E-state index in [-0.39, 0.29) is 24.2 Å². The Bertz CT molecular complexity index is 1250. The van der Waals surface area contributed by atoms with Crippen LogP contribution in [0, 0.1) is 5.82 Å². The zero-order valence-corrected chi connectivity index (χ0v) is 18.1. The number of hydrogen-bond acceptors (Lipinski definition) is 4. The number of nitrogens with zero attached hydrogens (tertiary/aromatic N) is 2. The molecule has 0 aliphatic carbocycles. The van der Waals surface area contributed by atoms with Crippen molar-refractivity contribution in [2.45, 2.75) is 6.54 Å². The van der Waals surface area contributed by atoms with Crippen LogP contribution < -0.4 is 10.2 Å². The number of carbonyl (C=O) groups is 2. The van der Waals surface area contributed by atoms with Crippen molar-refractivity contribution < 1.29 is 14.0 Å². The zero-order chi connectivity index (χ0) is 22.5. The molecule has 160 valence electrons. The smallest absolute Gasteiger partial charge is 0.253 e. The van der Waals surface area contributed by atoms with E-state index in [1.165, 1.54) is 29.5 Å². The Balaban J connectivity index is 1.61. The number of carbonyl (C=O) groups excluding carboxylic acids is 2. The average Bonchev–Trinajstić information content (AvgIpc) is 3.26. The highest BCUT2D eigenvalue weighted by molar-refractivity contribution is 7.22. The van der Waals surface area contributed by atoms with Gasteiger partial charge < -0.3 is 5.32 Å². The van der Waals surface area contributed by atoms with Crippen LogP contribution in [0.5, 0.6) is 0 Å². The lowest BCUT2D eigenvalue weighted by molar-refractivity contribution is -0.114. The van der Waals surface area contributed by atoms with Crippen LogP contribution in [0.4, 0.5) is 9.52 Å². The predicted molar refractivity (Wildman–Crippen MR) is 126 cm³/mol. The minimum absolute atomic E-state index is 0.169. The van der Waals surface area contributed by atoms with Gasteiger partial charge in [-0.1, -0.05) is 47.7 Å². The van der Waals surface area contributed by atoms with E-state index in [1.54, 1.807) is 54.4 Å². The van der Waals surface area contributed by atoms with E-state index in [9.17, 15) is 14.0 Å². The van der Waals surface area contributed by atoms with E-state index >= 15 is 0 Å². The first-order valence-electron chi connectivity index (χ1n) is 9.95. The molecule has 0 aliphatic heterocycles. The number of aromatic nitrogens is 1. The second kappa shape index (κ2) is 9.53. The molecule has 0 atom stereocenters. The van der Waals surface area contributed by atoms with Crippen molar-refractivity contribution in [3.63, 3.8) is 0 Å². The second-order valence-corrected chi connectivity index (χ2v) is 8.06. The molecular weight excluding hydrogens is 425 g/mol. The van der Waals surface area contributed by atoms with E-state index in [2.05, 4.69) is 10.3 Å². The molecule has 0 unspecified atom stereocenters. The zero-order valence-electron chi connectivity index (χ0n) is 17.3. The van der Waals surface area contributed by atoms with Crippen molar-refractivity contribution >= 4 is 44.6 Å². The molecule has 0 radical (unpaired) electrons. The third-order valence-corrected chi connectivity index (χ3v) is 5.91. The summed E-state index contributed by atoms with van der Waals surface area (Å²) >= 11 is 1.43. The number of amides is 2. The molecule has 1 heterocycles. The number of thiazole rings is 1. The number of anilines is 1. The Morgan fingerprint density at radius 2 is 1.75 bits per heavy atom. The minimum Gasteiger partial charge on any atom is -0.355 e. The van der Waals surface area contributed by atoms with Crippen LogP contribution in [-0.2, 0) is 11.3 Å². The average molecular weight is 446 g/mol. The largest absolute Gasteiger partial charge is 0.355 e. The summed E-state index contributed by atoms with van der Waals surface area (Å²) in [7, 11) is 1.58. The van der Waals surface area contributed by atoms with Gasteiger partial charge in [0.15, 0.2) is 5.13 Å². The third-order valence-electron chi connectivity index (χ3n) is 4.85. The highest BCUT2D eigenvalue weighted by Crippen LogP contribution is 2.30. The first kappa shape index (κ1) is 21.4. The highest BCUT2D eigenvalue weighted by atomic mass is 32.1. The van der Waals surface area contributed by atoms with Crippen LogP contribution in [0.3, 0.4) is 0 Å². The molecule has 1 N–H and O–H groups in total. The molecule has 0 bridgehead atoms. The molecule has 0 saturated carbocycles. The van der Waals surface area contributed by atoms with Gasteiger partial charge in [0.2, 0.25) is 0 Å². The third kappa shape index (κ3) is 4.90. The van der Waals surface area contributed by atoms with Gasteiger partial charge in [0.05, 0.1) is 16.8 Å². The molecule has 0 spiro atoms. The Morgan fingerprint density at radius 3 is 2.44 bits per heavy atom. The lowest BCUT2D eigenvalue weighted by Gasteiger charge is -2.18. The molecule has 5 nitrogen and oxygen atoms in total. The summed E-state index contributed by atoms with van der Waals surface area (Å²) in [6, 6.07) is 20.7. The van der Waals surface area contributed by atoms with Crippen LogP contribution in [-0.4, -0.2) is 23.8 Å². The fourth-order valence-electron chi connectivity index (χ4n) is 3.14. The topological polar surface area (TPSA) is 62.3 Å². The lowest BCUT2D eigenvalue weighted by Crippen LogP contribution is -2.28. The first-order chi connectivity index (χ1) is 15.5. The number of hydrogen-bond donors (Lipinski definition) is 1. The van der Waals surface area contributed by atoms with E-state index < -0.39 is 0 Å². The minimum atomic E-state index is -0.327. The van der Waals surface area contributed by atoms with Crippen molar-refractivity contribution in [1.29, 1.82) is 0 Å². The van der Waals surface area contributed by atoms with Gasteiger partial charge in [-0.3, -0.25) is 14.5 Å². The summed E-state index contributed by atoms with van der Waals surface area (Å²) in [6.45, 7) is 0.263. The quantitative estimate of drug-likeness (QED) is 0.423. The first-order valence-corrected chi connectivity index (χ1v) is 10.8. The molecule has 0 saturated heterocycles. The van der Waals surface area contributed by atoms with Gasteiger partial charge in [0.25, 0.3) is 11.8 Å². The van der Waals surface area contributed by atoms with Crippen molar-refractivity contribution in [3.8, 4) is 0 Å². The summed E-state index contributed by atoms with van der Waals surface area (Å²) < 4.78 is 14.3. The van der Waals surface area contributed by atoms with E-state index in [1.807, 2.05) is 24.3 Å². The van der Waals surface area contributed by atoms with E-state index in [0.717, 1.165) is 21.3 Å². The fraction of sp³-hybridized carbons (Fsp3) is 0.0800. The summed E-state index contributed by atoms with van der Waals surface area (Å²) in [5.74, 6) is -0.742. The van der Waals surface area contributed by atoms with Crippen molar-refractivity contribution in [2.24, 2.45) is 0 Å². The maximum atomic E-state index is 13.3. The summed E-state index contributed by atoms with van der Waals surface area (Å²) in [5, 5.41) is 3.14. The Morgan fingerprint density at radius 1 is 1.03 bits per heavy atom. The van der Waals surface area contributed by atoms with Gasteiger partial charge in [-0.15, -0.1) is 0 Å². The SMILES string of the molecule is CNC(=O)c1ccc(/C=C/C(=O)N(Cc2ccc(F)cc2)c2nc3ccccc3s2)cc1. The number of benzene rings is 3. The molecule has 1 aromatic heterocycles. The second-order valence-electron chi connectivity index (χ2n) is 7.05. The molecule has 2 amide bonds. The van der Waals surface area contributed by atoms with Gasteiger partial charge in [-0.25, -0.2) is 9.37 Å². The summed E-state index contributed by atoms with van der Waals surface area (Å²) in [6.07, 6.45) is 3.17. The van der Waals surface area contributed by atoms with Gasteiger partial charge in [0, 0.05) is 18.7 Å². The number of fused-ring (bicyclic) bond motifs is 1. The van der Waals surface area contributed by atoms with Crippen LogP contribution in [0.15, 0.2) is 78.9 Å². The maximum absolute atomic E-state index is 13.3. The fourth-order valence-corrected chi connectivity index (χ4v) is 4.11. The number of nitrogens with one attached hydrogen (secondary N) is 1. The maximum Gasteiger partial charge on any atom is 0.253 e. The van der Waals surface area contributed by atoms with E-state index in [4.69, 9.17) is 0 Å². The molecule has 7 heteroatoms. The van der Waals surface area contributed by atoms with Crippen molar-refractivity contribution in [3.05, 3.63) is 101 Å². The Hall–Kier alpha value is -3.84. The molecule has 32 heavy (non-hydrogen) atoms. The molecule has 3 aromatic carbocycles. The van der Waals surface area contributed by atoms with Crippen molar-refractivity contribution in [2.75, 3.05) is 11.9 Å². The van der Waals surface area contributed by atoms with Crippen LogP contribution >= 0.6 is 11.3 Å². The van der Waals surface area contributed by atoms with E-state index in [0.29, 0.717) is 10.7 Å². The normalized spacial score (nSPS) is 11.1. The summed E-state index contributed by atoms with van der Waals surface area (Å²) in [4.78, 5) is 31.0. The Kier molecular flexibility index (Phi) is 6.37. The van der Waals surface area contributed by atoms with Crippen LogP contribution in [0.1, 0.15) is 21.5 Å². The highest BCUT2D eigenvalue weighted by Gasteiger charge is 2.18. The monoisotopic (exact) mass is 445 g/mol. The Labute approximate surface area is 188 Å². The van der Waals surface area contributed by atoms with Crippen molar-refractivity contribution in [1.82, 2.24) is 10.3 Å². The summed E-state index contributed by atoms with van der Waals surface area (Å²) in [5.41, 5.74) is 2.95. The molecule has 4 rings (SSSR count). The number of rotatable bonds is 6. The van der Waals surface area contributed by atoms with Gasteiger partial charge >= 0.3 is 0 Å². The van der Waals surface area contributed by atoms with Crippen LogP contribution in [0.2, 0.25) is 0 Å². The van der Waals surface area contributed by atoms with Gasteiger partial charge in [-0.05, 0) is 53.6 Å².